The second kappa shape index (κ2) is 8.25. The quantitative estimate of drug-likeness (QED) is 0.734. The zero-order valence-corrected chi connectivity index (χ0v) is 13.6. The van der Waals surface area contributed by atoms with E-state index in [1.54, 1.807) is 17.4 Å². The number of benzene rings is 1. The third-order valence-electron chi connectivity index (χ3n) is 3.32. The lowest BCUT2D eigenvalue weighted by Crippen LogP contribution is -2.13. The van der Waals surface area contributed by atoms with Gasteiger partial charge in [-0.25, -0.2) is 9.37 Å². The monoisotopic (exact) mass is 306 g/mol. The molecule has 0 aliphatic rings. The van der Waals surface area contributed by atoms with Crippen molar-refractivity contribution in [3.05, 3.63) is 51.2 Å². The standard InChI is InChI=1S/C17H23FN2S/c1-3-7-15-16(12-19-10-4-2)21-17(20-15)11-13-8-5-6-9-14(13)18/h5-6,8-9,19H,3-4,7,10-12H2,1-2H3. The summed E-state index contributed by atoms with van der Waals surface area (Å²) < 4.78 is 13.7. The van der Waals surface area contributed by atoms with E-state index in [2.05, 4.69) is 19.2 Å². The summed E-state index contributed by atoms with van der Waals surface area (Å²) in [5, 5.41) is 4.45. The van der Waals surface area contributed by atoms with Gasteiger partial charge in [0, 0.05) is 17.8 Å². The number of nitrogens with zero attached hydrogens (tertiary/aromatic N) is 1. The Morgan fingerprint density at radius 1 is 1.19 bits per heavy atom. The van der Waals surface area contributed by atoms with Crippen LogP contribution in [0.2, 0.25) is 0 Å². The van der Waals surface area contributed by atoms with Gasteiger partial charge in [0.2, 0.25) is 0 Å². The van der Waals surface area contributed by atoms with Crippen molar-refractivity contribution in [2.75, 3.05) is 6.54 Å². The number of thiazole rings is 1. The van der Waals surface area contributed by atoms with Crippen LogP contribution in [0.4, 0.5) is 4.39 Å². The Hall–Kier alpha value is -1.26. The summed E-state index contributed by atoms with van der Waals surface area (Å²) >= 11 is 1.71. The van der Waals surface area contributed by atoms with E-state index < -0.39 is 0 Å². The van der Waals surface area contributed by atoms with Gasteiger partial charge in [-0.1, -0.05) is 38.5 Å². The molecule has 0 fully saturated rings. The number of halogens is 1. The highest BCUT2D eigenvalue weighted by molar-refractivity contribution is 7.11. The third kappa shape index (κ3) is 4.61. The predicted octanol–water partition coefficient (Wildman–Crippen LogP) is 4.33. The largest absolute Gasteiger partial charge is 0.312 e. The predicted molar refractivity (Wildman–Crippen MR) is 87.3 cm³/mol. The van der Waals surface area contributed by atoms with Gasteiger partial charge in [-0.3, -0.25) is 0 Å². The van der Waals surface area contributed by atoms with Crippen LogP contribution < -0.4 is 5.32 Å². The van der Waals surface area contributed by atoms with Gasteiger partial charge in [0.1, 0.15) is 5.82 Å². The van der Waals surface area contributed by atoms with E-state index in [1.807, 2.05) is 12.1 Å². The molecule has 1 aromatic carbocycles. The highest BCUT2D eigenvalue weighted by Crippen LogP contribution is 2.23. The summed E-state index contributed by atoms with van der Waals surface area (Å²) in [6.45, 7) is 6.22. The molecular weight excluding hydrogens is 283 g/mol. The first-order valence-electron chi connectivity index (χ1n) is 7.66. The van der Waals surface area contributed by atoms with Gasteiger partial charge >= 0.3 is 0 Å². The number of aromatic nitrogens is 1. The molecule has 1 N–H and O–H groups in total. The molecule has 0 atom stereocenters. The van der Waals surface area contributed by atoms with E-state index in [0.29, 0.717) is 6.42 Å². The van der Waals surface area contributed by atoms with Crippen LogP contribution in [0.3, 0.4) is 0 Å². The van der Waals surface area contributed by atoms with Crippen LogP contribution in [0.1, 0.15) is 47.8 Å². The maximum absolute atomic E-state index is 13.7. The van der Waals surface area contributed by atoms with Crippen LogP contribution in [0, 0.1) is 5.82 Å². The maximum atomic E-state index is 13.7. The van der Waals surface area contributed by atoms with Gasteiger partial charge in [-0.2, -0.15) is 0 Å². The van der Waals surface area contributed by atoms with E-state index in [9.17, 15) is 4.39 Å². The smallest absolute Gasteiger partial charge is 0.126 e. The first-order valence-corrected chi connectivity index (χ1v) is 8.47. The molecule has 21 heavy (non-hydrogen) atoms. The van der Waals surface area contributed by atoms with Crippen molar-refractivity contribution in [3.63, 3.8) is 0 Å². The fourth-order valence-electron chi connectivity index (χ4n) is 2.27. The number of hydrogen-bond donors (Lipinski definition) is 1. The van der Waals surface area contributed by atoms with Crippen molar-refractivity contribution >= 4 is 11.3 Å². The Morgan fingerprint density at radius 3 is 2.71 bits per heavy atom. The highest BCUT2D eigenvalue weighted by Gasteiger charge is 2.12. The Morgan fingerprint density at radius 2 is 2.00 bits per heavy atom. The Labute approximate surface area is 130 Å². The molecular formula is C17H23FN2S. The fraction of sp³-hybridized carbons (Fsp3) is 0.471. The summed E-state index contributed by atoms with van der Waals surface area (Å²) in [5.74, 6) is -0.143. The lowest BCUT2D eigenvalue weighted by atomic mass is 10.1. The molecule has 0 aliphatic heterocycles. The fourth-order valence-corrected chi connectivity index (χ4v) is 3.37. The normalized spacial score (nSPS) is 11.0. The molecule has 2 rings (SSSR count). The van der Waals surface area contributed by atoms with Crippen LogP contribution in [0.5, 0.6) is 0 Å². The van der Waals surface area contributed by atoms with Crippen LogP contribution in [0.25, 0.3) is 0 Å². The summed E-state index contributed by atoms with van der Waals surface area (Å²) in [6.07, 6.45) is 3.80. The van der Waals surface area contributed by atoms with Gasteiger partial charge in [-0.15, -0.1) is 11.3 Å². The molecule has 0 bridgehead atoms. The molecule has 2 nitrogen and oxygen atoms in total. The van der Waals surface area contributed by atoms with Crippen molar-refractivity contribution in [3.8, 4) is 0 Å². The van der Waals surface area contributed by atoms with Crippen LogP contribution in [-0.4, -0.2) is 11.5 Å². The van der Waals surface area contributed by atoms with Crippen molar-refractivity contribution in [1.29, 1.82) is 0 Å². The number of hydrogen-bond acceptors (Lipinski definition) is 3. The number of aryl methyl sites for hydroxylation is 1. The van der Waals surface area contributed by atoms with Gasteiger partial charge in [-0.05, 0) is 31.0 Å². The summed E-state index contributed by atoms with van der Waals surface area (Å²) in [5.41, 5.74) is 1.90. The average Bonchev–Trinajstić information content (AvgIpc) is 2.84. The summed E-state index contributed by atoms with van der Waals surface area (Å²) in [4.78, 5) is 6.03. The zero-order chi connectivity index (χ0) is 15.1. The second-order valence-electron chi connectivity index (χ2n) is 5.17. The molecule has 114 valence electrons. The molecule has 0 radical (unpaired) electrons. The minimum Gasteiger partial charge on any atom is -0.312 e. The van der Waals surface area contributed by atoms with E-state index in [4.69, 9.17) is 4.98 Å². The second-order valence-corrected chi connectivity index (χ2v) is 6.34. The maximum Gasteiger partial charge on any atom is 0.126 e. The summed E-state index contributed by atoms with van der Waals surface area (Å²) in [6, 6.07) is 6.96. The molecule has 0 saturated carbocycles. The summed E-state index contributed by atoms with van der Waals surface area (Å²) in [7, 11) is 0. The Balaban J connectivity index is 2.12. The SMILES string of the molecule is CCCNCc1sc(Cc2ccccc2F)nc1CCC. The molecule has 4 heteroatoms. The molecule has 0 unspecified atom stereocenters. The molecule has 0 amide bonds. The van der Waals surface area contributed by atoms with Crippen molar-refractivity contribution in [2.24, 2.45) is 0 Å². The van der Waals surface area contributed by atoms with Gasteiger partial charge in [0.15, 0.2) is 0 Å². The average molecular weight is 306 g/mol. The minimum atomic E-state index is -0.143. The van der Waals surface area contributed by atoms with Crippen molar-refractivity contribution < 1.29 is 4.39 Å². The zero-order valence-electron chi connectivity index (χ0n) is 12.8. The Bertz CT molecular complexity index is 566. The minimum absolute atomic E-state index is 0.143. The van der Waals surface area contributed by atoms with Gasteiger partial charge < -0.3 is 5.32 Å². The lowest BCUT2D eigenvalue weighted by Gasteiger charge is -2.02. The third-order valence-corrected chi connectivity index (χ3v) is 4.42. The molecule has 2 aromatic rings. The Kier molecular flexibility index (Phi) is 6.33. The molecule has 0 spiro atoms. The van der Waals surface area contributed by atoms with Crippen LogP contribution >= 0.6 is 11.3 Å². The number of nitrogens with one attached hydrogen (secondary N) is 1. The molecule has 1 aromatic heterocycles. The van der Waals surface area contributed by atoms with Gasteiger partial charge in [0.25, 0.3) is 0 Å². The molecule has 0 saturated heterocycles. The van der Waals surface area contributed by atoms with Crippen molar-refractivity contribution in [1.82, 2.24) is 10.3 Å². The highest BCUT2D eigenvalue weighted by atomic mass is 32.1. The first-order chi connectivity index (χ1) is 10.2. The molecule has 0 aliphatic carbocycles. The van der Waals surface area contributed by atoms with E-state index >= 15 is 0 Å². The van der Waals surface area contributed by atoms with E-state index in [0.717, 1.165) is 42.9 Å². The lowest BCUT2D eigenvalue weighted by molar-refractivity contribution is 0.613. The van der Waals surface area contributed by atoms with E-state index in [-0.39, 0.29) is 5.82 Å². The van der Waals surface area contributed by atoms with E-state index in [1.165, 1.54) is 16.6 Å². The molecule has 1 heterocycles. The topological polar surface area (TPSA) is 24.9 Å². The van der Waals surface area contributed by atoms with Crippen LogP contribution in [0.15, 0.2) is 24.3 Å². The first kappa shape index (κ1) is 16.1. The number of rotatable bonds is 8. The van der Waals surface area contributed by atoms with Gasteiger partial charge in [0.05, 0.1) is 10.7 Å². The van der Waals surface area contributed by atoms with Crippen molar-refractivity contribution in [2.45, 2.75) is 46.1 Å². The van der Waals surface area contributed by atoms with Crippen LogP contribution in [-0.2, 0) is 19.4 Å².